The van der Waals surface area contributed by atoms with Crippen molar-refractivity contribution >= 4 is 16.6 Å². The largest absolute Gasteiger partial charge is 0.452 e. The van der Waals surface area contributed by atoms with E-state index in [-0.39, 0.29) is 0 Å². The van der Waals surface area contributed by atoms with Gasteiger partial charge in [0.2, 0.25) is 16.6 Å². The van der Waals surface area contributed by atoms with Crippen molar-refractivity contribution in [2.75, 3.05) is 13.1 Å². The summed E-state index contributed by atoms with van der Waals surface area (Å²) in [6.45, 7) is 8.78. The zero-order chi connectivity index (χ0) is 13.7. The van der Waals surface area contributed by atoms with Gasteiger partial charge in [0.25, 0.3) is 0 Å². The van der Waals surface area contributed by atoms with Gasteiger partial charge < -0.3 is 25.8 Å². The molecule has 0 bridgehead atoms. The molecule has 0 aliphatic rings. The van der Waals surface area contributed by atoms with Gasteiger partial charge in [-0.2, -0.15) is 0 Å². The van der Waals surface area contributed by atoms with Crippen LogP contribution in [0.2, 0.25) is 26.2 Å². The van der Waals surface area contributed by atoms with Crippen molar-refractivity contribution in [2.45, 2.75) is 50.5 Å². The lowest BCUT2D eigenvalue weighted by Gasteiger charge is -2.39. The van der Waals surface area contributed by atoms with Crippen molar-refractivity contribution in [3.05, 3.63) is 0 Å². The number of aliphatic hydroxyl groups excluding tert-OH is 2. The highest BCUT2D eigenvalue weighted by Crippen LogP contribution is 2.22. The summed E-state index contributed by atoms with van der Waals surface area (Å²) in [6, 6.07) is 0. The fourth-order valence-corrected chi connectivity index (χ4v) is 10.1. The average Bonchev–Trinajstić information content (AvgIpc) is 2.16. The lowest BCUT2D eigenvalue weighted by Crippen LogP contribution is -2.57. The molecule has 0 spiro atoms. The van der Waals surface area contributed by atoms with Crippen LogP contribution in [0.15, 0.2) is 0 Å². The first-order valence-corrected chi connectivity index (χ1v) is 12.1. The van der Waals surface area contributed by atoms with Gasteiger partial charge in [-0.15, -0.1) is 0 Å². The van der Waals surface area contributed by atoms with Crippen LogP contribution in [-0.2, 0) is 4.12 Å². The molecule has 0 saturated heterocycles. The van der Waals surface area contributed by atoms with Crippen molar-refractivity contribution in [3.8, 4) is 0 Å². The minimum Gasteiger partial charge on any atom is -0.452 e. The average molecular weight is 281 g/mol. The molecule has 17 heavy (non-hydrogen) atoms. The first-order valence-electron chi connectivity index (χ1n) is 6.13. The van der Waals surface area contributed by atoms with Crippen LogP contribution in [-0.4, -0.2) is 51.4 Å². The minimum absolute atomic E-state index is 0.453. The Balaban J connectivity index is 4.56. The molecule has 7 heteroatoms. The third kappa shape index (κ3) is 5.60. The van der Waals surface area contributed by atoms with E-state index in [1.54, 1.807) is 0 Å². The standard InChI is InChI=1S/C10H28N2O3Si2/c1-16(2,9(13)5-7-11)15-17(3,4)10(14)6-8-12/h9-10,13-14H,5-8,11-12H2,1-4H3. The summed E-state index contributed by atoms with van der Waals surface area (Å²) in [5, 5.41) is 20.0. The Morgan fingerprint density at radius 2 is 1.18 bits per heavy atom. The summed E-state index contributed by atoms with van der Waals surface area (Å²) in [5.74, 6) is 0. The van der Waals surface area contributed by atoms with E-state index in [2.05, 4.69) is 0 Å². The van der Waals surface area contributed by atoms with Crippen molar-refractivity contribution < 1.29 is 14.3 Å². The highest BCUT2D eigenvalue weighted by atomic mass is 28.4. The van der Waals surface area contributed by atoms with Crippen molar-refractivity contribution in [1.82, 2.24) is 0 Å². The fraction of sp³-hybridized carbons (Fsp3) is 1.00. The molecule has 0 aromatic rings. The van der Waals surface area contributed by atoms with Crippen molar-refractivity contribution in [1.29, 1.82) is 0 Å². The smallest absolute Gasteiger partial charge is 0.202 e. The first-order chi connectivity index (χ1) is 7.67. The molecule has 5 nitrogen and oxygen atoms in total. The van der Waals surface area contributed by atoms with E-state index in [9.17, 15) is 10.2 Å². The molecular formula is C10H28N2O3Si2. The second kappa shape index (κ2) is 6.98. The van der Waals surface area contributed by atoms with Crippen LogP contribution in [0.5, 0.6) is 0 Å². The second-order valence-corrected chi connectivity index (χ2v) is 14.1. The Morgan fingerprint density at radius 3 is 1.41 bits per heavy atom. The fourth-order valence-electron chi connectivity index (χ4n) is 1.82. The van der Waals surface area contributed by atoms with Crippen LogP contribution in [0.1, 0.15) is 12.8 Å². The molecule has 0 aliphatic heterocycles. The predicted molar refractivity (Wildman–Crippen MR) is 75.4 cm³/mol. The second-order valence-electron chi connectivity index (χ2n) is 5.50. The Kier molecular flexibility index (Phi) is 7.07. The van der Waals surface area contributed by atoms with E-state index in [1.165, 1.54) is 0 Å². The number of rotatable bonds is 8. The molecule has 2 atom stereocenters. The van der Waals surface area contributed by atoms with E-state index in [4.69, 9.17) is 15.6 Å². The summed E-state index contributed by atoms with van der Waals surface area (Å²) in [5.41, 5.74) is 9.93. The monoisotopic (exact) mass is 280 g/mol. The molecule has 0 amide bonds. The van der Waals surface area contributed by atoms with Crippen molar-refractivity contribution in [3.63, 3.8) is 0 Å². The van der Waals surface area contributed by atoms with Gasteiger partial charge in [-0.25, -0.2) is 0 Å². The first kappa shape index (κ1) is 17.2. The van der Waals surface area contributed by atoms with Crippen LogP contribution in [0.25, 0.3) is 0 Å². The highest BCUT2D eigenvalue weighted by molar-refractivity contribution is 6.86. The van der Waals surface area contributed by atoms with Crippen LogP contribution >= 0.6 is 0 Å². The van der Waals surface area contributed by atoms with Gasteiger partial charge in [0.15, 0.2) is 0 Å². The summed E-state index contributed by atoms with van der Waals surface area (Å²) in [4.78, 5) is 0. The topological polar surface area (TPSA) is 102 Å². The van der Waals surface area contributed by atoms with E-state index in [1.807, 2.05) is 26.2 Å². The molecule has 6 N–H and O–H groups in total. The predicted octanol–water partition coefficient (Wildman–Crippen LogP) is -0.0890. The van der Waals surface area contributed by atoms with Gasteiger partial charge in [0, 0.05) is 0 Å². The van der Waals surface area contributed by atoms with Gasteiger partial charge in [-0.1, -0.05) is 0 Å². The number of nitrogens with two attached hydrogens (primary N) is 2. The molecule has 0 radical (unpaired) electrons. The van der Waals surface area contributed by atoms with Gasteiger partial charge in [-0.3, -0.25) is 0 Å². The zero-order valence-electron chi connectivity index (χ0n) is 11.4. The lowest BCUT2D eigenvalue weighted by atomic mass is 10.5. The Hall–Kier alpha value is 0.234. The summed E-state index contributed by atoms with van der Waals surface area (Å²) >= 11 is 0. The van der Waals surface area contributed by atoms with Gasteiger partial charge in [0.1, 0.15) is 0 Å². The molecular weight excluding hydrogens is 252 g/mol. The number of hydrogen-bond donors (Lipinski definition) is 4. The maximum Gasteiger partial charge on any atom is 0.202 e. The Bertz CT molecular complexity index is 206. The maximum absolute atomic E-state index is 10.0. The summed E-state index contributed by atoms with van der Waals surface area (Å²) < 4.78 is 6.12. The van der Waals surface area contributed by atoms with E-state index >= 15 is 0 Å². The van der Waals surface area contributed by atoms with Gasteiger partial charge in [-0.05, 0) is 52.1 Å². The molecule has 0 saturated carbocycles. The van der Waals surface area contributed by atoms with Gasteiger partial charge >= 0.3 is 0 Å². The van der Waals surface area contributed by atoms with E-state index in [0.717, 1.165) is 0 Å². The third-order valence-electron chi connectivity index (χ3n) is 3.01. The Labute approximate surface area is 106 Å². The SMILES string of the molecule is C[Si](C)(O[Si](C)(C)C(O)CCN)C(O)CCN. The quantitative estimate of drug-likeness (QED) is 0.466. The normalized spacial score (nSPS) is 16.9. The Morgan fingerprint density at radius 1 is 0.882 bits per heavy atom. The molecule has 104 valence electrons. The molecule has 0 fully saturated rings. The van der Waals surface area contributed by atoms with Gasteiger partial charge in [0.05, 0.1) is 11.5 Å². The van der Waals surface area contributed by atoms with E-state index in [0.29, 0.717) is 25.9 Å². The zero-order valence-corrected chi connectivity index (χ0v) is 13.4. The highest BCUT2D eigenvalue weighted by Gasteiger charge is 2.41. The van der Waals surface area contributed by atoms with Crippen LogP contribution < -0.4 is 11.5 Å². The van der Waals surface area contributed by atoms with Crippen molar-refractivity contribution in [2.24, 2.45) is 11.5 Å². The van der Waals surface area contributed by atoms with Crippen LogP contribution in [0.3, 0.4) is 0 Å². The third-order valence-corrected chi connectivity index (χ3v) is 11.0. The summed E-state index contributed by atoms with van der Waals surface area (Å²) in [7, 11) is -4.44. The molecule has 0 heterocycles. The van der Waals surface area contributed by atoms with Crippen LogP contribution in [0.4, 0.5) is 0 Å². The minimum atomic E-state index is -2.22. The number of hydrogen-bond acceptors (Lipinski definition) is 5. The maximum atomic E-state index is 10.0. The molecule has 0 rings (SSSR count). The number of aliphatic hydroxyl groups is 2. The molecule has 0 aromatic carbocycles. The summed E-state index contributed by atoms with van der Waals surface area (Å²) in [6.07, 6.45) is 1.10. The van der Waals surface area contributed by atoms with E-state index < -0.39 is 28.1 Å². The molecule has 2 unspecified atom stereocenters. The van der Waals surface area contributed by atoms with Crippen LogP contribution in [0, 0.1) is 0 Å². The molecule has 0 aromatic heterocycles. The lowest BCUT2D eigenvalue weighted by molar-refractivity contribution is 0.196. The molecule has 0 aliphatic carbocycles.